The van der Waals surface area contributed by atoms with Crippen molar-refractivity contribution >= 4 is 11.8 Å². The van der Waals surface area contributed by atoms with E-state index in [0.29, 0.717) is 11.6 Å². The molecular weight excluding hydrogens is 284 g/mol. The van der Waals surface area contributed by atoms with Crippen molar-refractivity contribution < 1.29 is 19.7 Å². The van der Waals surface area contributed by atoms with E-state index >= 15 is 0 Å². The number of anilines is 1. The third kappa shape index (κ3) is 4.75. The number of benzene rings is 1. The number of aliphatic hydroxyl groups is 1. The SMILES string of the molecule is Cc1cccc(OCC(O)CNc2cccc(C(=O)O)n2)c1. The van der Waals surface area contributed by atoms with Gasteiger partial charge in [0, 0.05) is 6.54 Å². The van der Waals surface area contributed by atoms with Crippen LogP contribution in [-0.2, 0) is 0 Å². The van der Waals surface area contributed by atoms with Gasteiger partial charge in [0.2, 0.25) is 0 Å². The van der Waals surface area contributed by atoms with Gasteiger partial charge in [0.05, 0.1) is 0 Å². The molecule has 0 spiro atoms. The summed E-state index contributed by atoms with van der Waals surface area (Å²) < 4.78 is 5.49. The first-order valence-corrected chi connectivity index (χ1v) is 6.86. The Bertz CT molecular complexity index is 646. The zero-order valence-corrected chi connectivity index (χ0v) is 12.2. The molecule has 0 saturated carbocycles. The van der Waals surface area contributed by atoms with E-state index in [2.05, 4.69) is 10.3 Å². The first-order valence-electron chi connectivity index (χ1n) is 6.86. The highest BCUT2D eigenvalue weighted by Gasteiger charge is 2.08. The molecule has 0 aliphatic heterocycles. The lowest BCUT2D eigenvalue weighted by atomic mass is 10.2. The zero-order chi connectivity index (χ0) is 15.9. The van der Waals surface area contributed by atoms with Crippen LogP contribution in [0, 0.1) is 6.92 Å². The monoisotopic (exact) mass is 302 g/mol. The molecule has 1 unspecified atom stereocenters. The number of nitrogens with zero attached hydrogens (tertiary/aromatic N) is 1. The van der Waals surface area contributed by atoms with Crippen molar-refractivity contribution in [3.8, 4) is 5.75 Å². The van der Waals surface area contributed by atoms with Gasteiger partial charge in [0.25, 0.3) is 0 Å². The normalized spacial score (nSPS) is 11.7. The van der Waals surface area contributed by atoms with E-state index in [0.717, 1.165) is 5.56 Å². The van der Waals surface area contributed by atoms with Crippen molar-refractivity contribution in [2.75, 3.05) is 18.5 Å². The van der Waals surface area contributed by atoms with Crippen molar-refractivity contribution in [1.82, 2.24) is 4.98 Å². The molecule has 6 heteroatoms. The molecular formula is C16H18N2O4. The summed E-state index contributed by atoms with van der Waals surface area (Å²) in [5.74, 6) is 0.00605. The highest BCUT2D eigenvalue weighted by Crippen LogP contribution is 2.12. The second-order valence-electron chi connectivity index (χ2n) is 4.88. The molecule has 1 heterocycles. The Morgan fingerprint density at radius 2 is 2.09 bits per heavy atom. The molecule has 2 rings (SSSR count). The summed E-state index contributed by atoms with van der Waals surface area (Å²) in [4.78, 5) is 14.7. The summed E-state index contributed by atoms with van der Waals surface area (Å²) in [6.07, 6.45) is -0.740. The quantitative estimate of drug-likeness (QED) is 0.724. The highest BCUT2D eigenvalue weighted by molar-refractivity contribution is 5.85. The fourth-order valence-electron chi connectivity index (χ4n) is 1.83. The molecule has 0 bridgehead atoms. The molecule has 0 aliphatic rings. The molecule has 0 aliphatic carbocycles. The maximum absolute atomic E-state index is 10.8. The Hall–Kier alpha value is -2.60. The third-order valence-electron chi connectivity index (χ3n) is 2.92. The van der Waals surface area contributed by atoms with Gasteiger partial charge in [0.1, 0.15) is 24.3 Å². The first-order chi connectivity index (χ1) is 10.5. The number of nitrogens with one attached hydrogen (secondary N) is 1. The Morgan fingerprint density at radius 3 is 2.82 bits per heavy atom. The molecule has 1 atom stereocenters. The van der Waals surface area contributed by atoms with Gasteiger partial charge in [0.15, 0.2) is 5.69 Å². The molecule has 3 N–H and O–H groups in total. The Morgan fingerprint density at radius 1 is 1.32 bits per heavy atom. The Balaban J connectivity index is 1.81. The van der Waals surface area contributed by atoms with Gasteiger partial charge in [-0.3, -0.25) is 0 Å². The standard InChI is InChI=1S/C16H18N2O4/c1-11-4-2-5-13(8-11)22-10-12(19)9-17-15-7-3-6-14(18-15)16(20)21/h2-8,12,19H,9-10H2,1H3,(H,17,18)(H,20,21). The van der Waals surface area contributed by atoms with Gasteiger partial charge in [-0.15, -0.1) is 0 Å². The van der Waals surface area contributed by atoms with Crippen LogP contribution in [0.4, 0.5) is 5.82 Å². The molecule has 116 valence electrons. The van der Waals surface area contributed by atoms with E-state index in [1.54, 1.807) is 12.1 Å². The van der Waals surface area contributed by atoms with Gasteiger partial charge in [-0.1, -0.05) is 18.2 Å². The summed E-state index contributed by atoms with van der Waals surface area (Å²) >= 11 is 0. The van der Waals surface area contributed by atoms with E-state index < -0.39 is 12.1 Å². The number of hydrogen-bond acceptors (Lipinski definition) is 5. The van der Waals surface area contributed by atoms with Crippen molar-refractivity contribution in [1.29, 1.82) is 0 Å². The maximum atomic E-state index is 10.8. The molecule has 22 heavy (non-hydrogen) atoms. The van der Waals surface area contributed by atoms with Crippen molar-refractivity contribution in [2.24, 2.45) is 0 Å². The van der Waals surface area contributed by atoms with Crippen LogP contribution in [0.1, 0.15) is 16.1 Å². The number of carboxylic acid groups (broad SMARTS) is 1. The number of rotatable bonds is 7. The van der Waals surface area contributed by atoms with Gasteiger partial charge < -0.3 is 20.3 Å². The average molecular weight is 302 g/mol. The number of aromatic carboxylic acids is 1. The fraction of sp³-hybridized carbons (Fsp3) is 0.250. The summed E-state index contributed by atoms with van der Waals surface area (Å²) in [5.41, 5.74) is 1.04. The van der Waals surface area contributed by atoms with Gasteiger partial charge in [-0.05, 0) is 36.8 Å². The van der Waals surface area contributed by atoms with E-state index in [9.17, 15) is 9.90 Å². The average Bonchev–Trinajstić information content (AvgIpc) is 2.51. The van der Waals surface area contributed by atoms with Crippen LogP contribution in [0.3, 0.4) is 0 Å². The molecule has 6 nitrogen and oxygen atoms in total. The molecule has 1 aromatic heterocycles. The molecule has 0 amide bonds. The second kappa shape index (κ2) is 7.42. The van der Waals surface area contributed by atoms with Gasteiger partial charge >= 0.3 is 5.97 Å². The van der Waals surface area contributed by atoms with Crippen LogP contribution in [0.25, 0.3) is 0 Å². The van der Waals surface area contributed by atoms with Crippen LogP contribution >= 0.6 is 0 Å². The van der Waals surface area contributed by atoms with Crippen LogP contribution in [0.15, 0.2) is 42.5 Å². The predicted octanol–water partition coefficient (Wildman–Crippen LogP) is 1.94. The maximum Gasteiger partial charge on any atom is 0.354 e. The van der Waals surface area contributed by atoms with E-state index in [1.807, 2.05) is 31.2 Å². The largest absolute Gasteiger partial charge is 0.491 e. The number of hydrogen-bond donors (Lipinski definition) is 3. The lowest BCUT2D eigenvalue weighted by Crippen LogP contribution is -2.26. The lowest BCUT2D eigenvalue weighted by Gasteiger charge is -2.14. The smallest absolute Gasteiger partial charge is 0.354 e. The Labute approximate surface area is 128 Å². The van der Waals surface area contributed by atoms with Crippen LogP contribution in [-0.4, -0.2) is 40.4 Å². The minimum atomic E-state index is -1.09. The third-order valence-corrected chi connectivity index (χ3v) is 2.92. The van der Waals surface area contributed by atoms with E-state index in [1.165, 1.54) is 6.07 Å². The number of ether oxygens (including phenoxy) is 1. The van der Waals surface area contributed by atoms with Crippen molar-refractivity contribution in [3.63, 3.8) is 0 Å². The van der Waals surface area contributed by atoms with E-state index in [4.69, 9.17) is 9.84 Å². The number of carbonyl (C=O) groups is 1. The molecule has 1 aromatic carbocycles. The second-order valence-corrected chi connectivity index (χ2v) is 4.88. The number of carboxylic acids is 1. The van der Waals surface area contributed by atoms with Crippen LogP contribution < -0.4 is 10.1 Å². The minimum absolute atomic E-state index is 0.0458. The fourth-order valence-corrected chi connectivity index (χ4v) is 1.83. The highest BCUT2D eigenvalue weighted by atomic mass is 16.5. The lowest BCUT2D eigenvalue weighted by molar-refractivity contribution is 0.0690. The van der Waals surface area contributed by atoms with E-state index in [-0.39, 0.29) is 18.8 Å². The van der Waals surface area contributed by atoms with Gasteiger partial charge in [-0.2, -0.15) is 0 Å². The first kappa shape index (κ1) is 15.8. The van der Waals surface area contributed by atoms with Gasteiger partial charge in [-0.25, -0.2) is 9.78 Å². The summed E-state index contributed by atoms with van der Waals surface area (Å²) in [7, 11) is 0. The van der Waals surface area contributed by atoms with Crippen LogP contribution in [0.5, 0.6) is 5.75 Å². The van der Waals surface area contributed by atoms with Crippen molar-refractivity contribution in [2.45, 2.75) is 13.0 Å². The predicted molar refractivity (Wildman–Crippen MR) is 82.4 cm³/mol. The Kier molecular flexibility index (Phi) is 5.32. The van der Waals surface area contributed by atoms with Crippen molar-refractivity contribution in [3.05, 3.63) is 53.7 Å². The number of pyridine rings is 1. The van der Waals surface area contributed by atoms with Crippen LogP contribution in [0.2, 0.25) is 0 Å². The molecule has 2 aromatic rings. The molecule has 0 saturated heterocycles. The summed E-state index contributed by atoms with van der Waals surface area (Å²) in [6, 6.07) is 12.2. The number of aliphatic hydroxyl groups excluding tert-OH is 1. The molecule has 0 fully saturated rings. The summed E-state index contributed by atoms with van der Waals surface area (Å²) in [6.45, 7) is 2.31. The minimum Gasteiger partial charge on any atom is -0.491 e. The number of aromatic nitrogens is 1. The zero-order valence-electron chi connectivity index (χ0n) is 12.2. The number of aryl methyl sites for hydroxylation is 1. The molecule has 0 radical (unpaired) electrons. The topological polar surface area (TPSA) is 91.7 Å². The summed E-state index contributed by atoms with van der Waals surface area (Å²) in [5, 5.41) is 21.6.